The number of halogens is 2. The Hall–Kier alpha value is -0.480. The molecule has 1 aromatic heterocycles. The number of hydrogen-bond donors (Lipinski definition) is 1. The lowest BCUT2D eigenvalue weighted by atomic mass is 9.75. The van der Waals surface area contributed by atoms with Gasteiger partial charge in [0.25, 0.3) is 0 Å². The number of rotatable bonds is 3. The maximum atomic E-state index is 13.9. The fraction of sp³-hybridized carbons (Fsp3) is 0.583. The SMILES string of the molecule is CC(C)C(O)(c1ccnc(Br)c1F)C(C)C. The minimum absolute atomic E-state index is 0.0729. The van der Waals surface area contributed by atoms with E-state index in [0.717, 1.165) is 0 Å². The Kier molecular flexibility index (Phi) is 4.07. The summed E-state index contributed by atoms with van der Waals surface area (Å²) < 4.78 is 14.1. The first kappa shape index (κ1) is 13.6. The first-order valence-corrected chi connectivity index (χ1v) is 6.14. The molecule has 0 saturated carbocycles. The summed E-state index contributed by atoms with van der Waals surface area (Å²) in [7, 11) is 0. The first-order valence-electron chi connectivity index (χ1n) is 5.34. The van der Waals surface area contributed by atoms with E-state index in [-0.39, 0.29) is 16.4 Å². The van der Waals surface area contributed by atoms with E-state index in [1.165, 1.54) is 6.20 Å². The molecule has 0 spiro atoms. The van der Waals surface area contributed by atoms with Gasteiger partial charge < -0.3 is 5.11 Å². The maximum Gasteiger partial charge on any atom is 0.162 e. The molecule has 1 rings (SSSR count). The van der Waals surface area contributed by atoms with Crippen LogP contribution in [0.3, 0.4) is 0 Å². The fourth-order valence-corrected chi connectivity index (χ4v) is 2.35. The van der Waals surface area contributed by atoms with E-state index in [4.69, 9.17) is 0 Å². The minimum Gasteiger partial charge on any atom is -0.385 e. The molecule has 16 heavy (non-hydrogen) atoms. The number of nitrogens with zero attached hydrogens (tertiary/aromatic N) is 1. The number of aliphatic hydroxyl groups is 1. The maximum absolute atomic E-state index is 13.9. The van der Waals surface area contributed by atoms with Crippen LogP contribution < -0.4 is 0 Å². The van der Waals surface area contributed by atoms with Crippen LogP contribution in [0.5, 0.6) is 0 Å². The van der Waals surface area contributed by atoms with Crippen molar-refractivity contribution >= 4 is 15.9 Å². The predicted octanol–water partition coefficient (Wildman–Crippen LogP) is 3.48. The van der Waals surface area contributed by atoms with Crippen LogP contribution >= 0.6 is 15.9 Å². The highest BCUT2D eigenvalue weighted by Crippen LogP contribution is 2.38. The number of aromatic nitrogens is 1. The monoisotopic (exact) mass is 289 g/mol. The molecule has 0 bridgehead atoms. The molecule has 2 nitrogen and oxygen atoms in total. The van der Waals surface area contributed by atoms with Gasteiger partial charge in [-0.2, -0.15) is 0 Å². The average Bonchev–Trinajstić information content (AvgIpc) is 2.20. The molecular formula is C12H17BrFNO. The zero-order valence-electron chi connectivity index (χ0n) is 9.96. The van der Waals surface area contributed by atoms with Gasteiger partial charge in [-0.1, -0.05) is 27.7 Å². The Balaban J connectivity index is 3.38. The largest absolute Gasteiger partial charge is 0.385 e. The van der Waals surface area contributed by atoms with Crippen LogP contribution in [0.25, 0.3) is 0 Å². The molecule has 0 saturated heterocycles. The number of pyridine rings is 1. The smallest absolute Gasteiger partial charge is 0.162 e. The zero-order valence-corrected chi connectivity index (χ0v) is 11.5. The van der Waals surface area contributed by atoms with E-state index >= 15 is 0 Å². The molecular weight excluding hydrogens is 273 g/mol. The van der Waals surface area contributed by atoms with Crippen LogP contribution in [0, 0.1) is 17.7 Å². The molecule has 1 aromatic rings. The summed E-state index contributed by atoms with van der Waals surface area (Å²) in [5, 5.41) is 10.7. The quantitative estimate of drug-likeness (QED) is 0.864. The van der Waals surface area contributed by atoms with Gasteiger partial charge in [-0.15, -0.1) is 0 Å². The van der Waals surface area contributed by atoms with Crippen LogP contribution in [0.15, 0.2) is 16.9 Å². The Morgan fingerprint density at radius 1 is 1.31 bits per heavy atom. The van der Waals surface area contributed by atoms with Crippen LogP contribution in [-0.2, 0) is 5.60 Å². The van der Waals surface area contributed by atoms with Gasteiger partial charge in [0.15, 0.2) is 5.82 Å². The fourth-order valence-electron chi connectivity index (χ4n) is 2.02. The molecule has 90 valence electrons. The highest BCUT2D eigenvalue weighted by Gasteiger charge is 2.39. The summed E-state index contributed by atoms with van der Waals surface area (Å²) >= 11 is 3.04. The summed E-state index contributed by atoms with van der Waals surface area (Å²) in [6, 6.07) is 1.54. The van der Waals surface area contributed by atoms with Crippen LogP contribution in [-0.4, -0.2) is 10.1 Å². The first-order chi connectivity index (χ1) is 7.31. The lowest BCUT2D eigenvalue weighted by Gasteiger charge is -2.36. The molecule has 4 heteroatoms. The van der Waals surface area contributed by atoms with Gasteiger partial charge in [0.1, 0.15) is 4.60 Å². The molecule has 0 atom stereocenters. The van der Waals surface area contributed by atoms with Gasteiger partial charge in [0.05, 0.1) is 5.60 Å². The van der Waals surface area contributed by atoms with E-state index in [9.17, 15) is 9.50 Å². The molecule has 1 heterocycles. The summed E-state index contributed by atoms with van der Waals surface area (Å²) in [4.78, 5) is 3.80. The lowest BCUT2D eigenvalue weighted by molar-refractivity contribution is -0.0560. The second-order valence-electron chi connectivity index (χ2n) is 4.60. The van der Waals surface area contributed by atoms with Crippen molar-refractivity contribution < 1.29 is 9.50 Å². The van der Waals surface area contributed by atoms with Crippen molar-refractivity contribution in [1.29, 1.82) is 0 Å². The molecule has 0 aliphatic rings. The van der Waals surface area contributed by atoms with Gasteiger partial charge in [-0.25, -0.2) is 9.37 Å². The second kappa shape index (κ2) is 4.80. The van der Waals surface area contributed by atoms with Crippen LogP contribution in [0.4, 0.5) is 4.39 Å². The normalized spacial score (nSPS) is 12.6. The van der Waals surface area contributed by atoms with E-state index in [1.54, 1.807) is 6.07 Å². The highest BCUT2D eigenvalue weighted by molar-refractivity contribution is 9.10. The van der Waals surface area contributed by atoms with Gasteiger partial charge in [-0.3, -0.25) is 0 Å². The standard InChI is InChI=1S/C12H17BrFNO/c1-7(2)12(16,8(3)4)9-5-6-15-11(13)10(9)14/h5-8,16H,1-4H3. The Labute approximate surface area is 104 Å². The molecule has 0 aromatic carbocycles. The predicted molar refractivity (Wildman–Crippen MR) is 65.5 cm³/mol. The highest BCUT2D eigenvalue weighted by atomic mass is 79.9. The van der Waals surface area contributed by atoms with E-state index in [2.05, 4.69) is 20.9 Å². The molecule has 0 unspecified atom stereocenters. The Bertz CT molecular complexity index is 371. The Morgan fingerprint density at radius 2 is 1.81 bits per heavy atom. The van der Waals surface area contributed by atoms with E-state index in [0.29, 0.717) is 5.56 Å². The molecule has 0 fully saturated rings. The van der Waals surface area contributed by atoms with Gasteiger partial charge in [0.2, 0.25) is 0 Å². The van der Waals surface area contributed by atoms with E-state index in [1.807, 2.05) is 27.7 Å². The van der Waals surface area contributed by atoms with Crippen molar-refractivity contribution in [3.63, 3.8) is 0 Å². The lowest BCUT2D eigenvalue weighted by Crippen LogP contribution is -2.38. The van der Waals surface area contributed by atoms with Crippen LogP contribution in [0.1, 0.15) is 33.3 Å². The van der Waals surface area contributed by atoms with Crippen molar-refractivity contribution in [2.45, 2.75) is 33.3 Å². The topological polar surface area (TPSA) is 33.1 Å². The zero-order chi connectivity index (χ0) is 12.5. The van der Waals surface area contributed by atoms with Gasteiger partial charge in [-0.05, 0) is 33.8 Å². The van der Waals surface area contributed by atoms with E-state index < -0.39 is 11.4 Å². The Morgan fingerprint density at radius 3 is 2.25 bits per heavy atom. The minimum atomic E-state index is -1.17. The van der Waals surface area contributed by atoms with Crippen molar-refractivity contribution in [3.05, 3.63) is 28.2 Å². The molecule has 0 aliphatic carbocycles. The van der Waals surface area contributed by atoms with Crippen molar-refractivity contribution in [2.24, 2.45) is 11.8 Å². The molecule has 0 radical (unpaired) electrons. The van der Waals surface area contributed by atoms with Gasteiger partial charge in [0, 0.05) is 11.8 Å². The van der Waals surface area contributed by atoms with Gasteiger partial charge >= 0.3 is 0 Å². The van der Waals surface area contributed by atoms with Crippen molar-refractivity contribution in [3.8, 4) is 0 Å². The summed E-state index contributed by atoms with van der Waals surface area (Å²) in [6.07, 6.45) is 1.50. The molecule has 0 aliphatic heterocycles. The average molecular weight is 290 g/mol. The molecule has 0 amide bonds. The molecule has 1 N–H and O–H groups in total. The third-order valence-electron chi connectivity index (χ3n) is 3.04. The van der Waals surface area contributed by atoms with Crippen molar-refractivity contribution in [1.82, 2.24) is 4.98 Å². The van der Waals surface area contributed by atoms with Crippen molar-refractivity contribution in [2.75, 3.05) is 0 Å². The summed E-state index contributed by atoms with van der Waals surface area (Å²) in [6.45, 7) is 7.53. The third-order valence-corrected chi connectivity index (χ3v) is 3.59. The van der Waals surface area contributed by atoms with Crippen LogP contribution in [0.2, 0.25) is 0 Å². The summed E-state index contributed by atoms with van der Waals surface area (Å²) in [5.74, 6) is -0.625. The second-order valence-corrected chi connectivity index (χ2v) is 5.35. The summed E-state index contributed by atoms with van der Waals surface area (Å²) in [5.41, 5.74) is -0.866. The number of hydrogen-bond acceptors (Lipinski definition) is 2. The third kappa shape index (κ3) is 2.13.